The second-order valence-corrected chi connectivity index (χ2v) is 9.88. The smallest absolute Gasteiger partial charge is 0.328 e. The molecule has 0 radical (unpaired) electrons. The minimum absolute atomic E-state index is 0.152. The Morgan fingerprint density at radius 1 is 1.11 bits per heavy atom. The van der Waals surface area contributed by atoms with E-state index in [4.69, 9.17) is 9.47 Å². The molecule has 1 saturated heterocycles. The third-order valence-electron chi connectivity index (χ3n) is 7.65. The maximum atomic E-state index is 13.2. The maximum absolute atomic E-state index is 13.2. The molecule has 2 aliphatic rings. The van der Waals surface area contributed by atoms with Crippen molar-refractivity contribution in [3.05, 3.63) is 53.9 Å². The van der Waals surface area contributed by atoms with Gasteiger partial charge in [0.15, 0.2) is 17.2 Å². The molecule has 1 aliphatic heterocycles. The van der Waals surface area contributed by atoms with E-state index < -0.39 is 17.9 Å². The lowest BCUT2D eigenvalue weighted by Crippen LogP contribution is -2.44. The number of benzene rings is 1. The van der Waals surface area contributed by atoms with Gasteiger partial charge in [0.2, 0.25) is 0 Å². The highest BCUT2D eigenvalue weighted by Crippen LogP contribution is 2.42. The fraction of sp³-hybridized carbons (Fsp3) is 0.536. The quantitative estimate of drug-likeness (QED) is 0.583. The Morgan fingerprint density at radius 2 is 1.86 bits per heavy atom. The lowest BCUT2D eigenvalue weighted by molar-refractivity contribution is -0.155. The van der Waals surface area contributed by atoms with Crippen LogP contribution >= 0.6 is 0 Å². The molecule has 1 aromatic heterocycles. The van der Waals surface area contributed by atoms with Crippen molar-refractivity contribution < 1.29 is 24.2 Å². The first-order chi connectivity index (χ1) is 17.0. The summed E-state index contributed by atoms with van der Waals surface area (Å²) in [7, 11) is 1.40. The Labute approximate surface area is 207 Å². The van der Waals surface area contributed by atoms with Gasteiger partial charge < -0.3 is 19.9 Å². The molecule has 1 aromatic carbocycles. The largest absolute Gasteiger partial charge is 0.503 e. The number of rotatable bonds is 6. The summed E-state index contributed by atoms with van der Waals surface area (Å²) in [4.78, 5) is 30.1. The van der Waals surface area contributed by atoms with Gasteiger partial charge in [-0.25, -0.2) is 9.78 Å². The number of nitrogens with one attached hydrogen (secondary N) is 1. The fourth-order valence-corrected chi connectivity index (χ4v) is 6.01. The van der Waals surface area contributed by atoms with Gasteiger partial charge >= 0.3 is 5.97 Å². The Morgan fingerprint density at radius 3 is 2.57 bits per heavy atom. The van der Waals surface area contributed by atoms with Gasteiger partial charge in [0, 0.05) is 18.2 Å². The first kappa shape index (κ1) is 25.0. The van der Waals surface area contributed by atoms with Gasteiger partial charge in [-0.15, -0.1) is 0 Å². The average Bonchev–Trinajstić information content (AvgIpc) is 3.38. The number of esters is 1. The summed E-state index contributed by atoms with van der Waals surface area (Å²) in [5.41, 5.74) is 1.14. The zero-order valence-electron chi connectivity index (χ0n) is 20.6. The molecule has 35 heavy (non-hydrogen) atoms. The zero-order chi connectivity index (χ0) is 24.8. The second kappa shape index (κ2) is 11.6. The standard InChI is InChI=1S/C28H36N2O5/c1-18-24(20-11-6-7-12-20)21(17-19-9-4-3-5-10-19)13-8-14-22(28(33)35-18)30-27(32)25-26(31)23(34-2)15-16-29-25/h3-5,9-10,15-16,18,20-22,24,31H,6-8,11-14,17H2,1-2H3,(H,30,32)/t18-,21+,22-,24+/m0/s1. The summed E-state index contributed by atoms with van der Waals surface area (Å²) in [6.45, 7) is 2.01. The Bertz CT molecular complexity index is 1010. The van der Waals surface area contributed by atoms with Gasteiger partial charge in [0.1, 0.15) is 12.1 Å². The van der Waals surface area contributed by atoms with E-state index in [0.29, 0.717) is 24.2 Å². The molecule has 4 rings (SSSR count). The lowest BCUT2D eigenvalue weighted by atomic mass is 9.73. The monoisotopic (exact) mass is 480 g/mol. The Balaban J connectivity index is 1.53. The van der Waals surface area contributed by atoms with Crippen molar-refractivity contribution in [2.75, 3.05) is 7.11 Å². The van der Waals surface area contributed by atoms with Crippen LogP contribution in [0.25, 0.3) is 0 Å². The molecule has 0 unspecified atom stereocenters. The number of hydrogen-bond donors (Lipinski definition) is 2. The lowest BCUT2D eigenvalue weighted by Gasteiger charge is -2.35. The number of nitrogens with zero attached hydrogens (tertiary/aromatic N) is 1. The van der Waals surface area contributed by atoms with E-state index in [1.807, 2.05) is 13.0 Å². The Hall–Kier alpha value is -3.09. The van der Waals surface area contributed by atoms with E-state index in [9.17, 15) is 14.7 Å². The van der Waals surface area contributed by atoms with E-state index in [0.717, 1.165) is 19.3 Å². The third kappa shape index (κ3) is 5.95. The summed E-state index contributed by atoms with van der Waals surface area (Å²) in [6.07, 6.45) is 9.17. The van der Waals surface area contributed by atoms with Crippen LogP contribution in [0.3, 0.4) is 0 Å². The number of aromatic hydroxyl groups is 1. The van der Waals surface area contributed by atoms with Gasteiger partial charge in [-0.05, 0) is 43.6 Å². The van der Waals surface area contributed by atoms with Gasteiger partial charge in [0.25, 0.3) is 5.91 Å². The van der Waals surface area contributed by atoms with Gasteiger partial charge in [-0.3, -0.25) is 4.79 Å². The van der Waals surface area contributed by atoms with Crippen molar-refractivity contribution in [3.8, 4) is 11.5 Å². The molecule has 1 amide bonds. The van der Waals surface area contributed by atoms with Crippen LogP contribution in [0.4, 0.5) is 0 Å². The van der Waals surface area contributed by atoms with Gasteiger partial charge in [0.05, 0.1) is 7.11 Å². The molecule has 188 valence electrons. The molecule has 0 bridgehead atoms. The topological polar surface area (TPSA) is 97.8 Å². The molecule has 1 aliphatic carbocycles. The van der Waals surface area contributed by atoms with Crippen LogP contribution in [-0.2, 0) is 16.0 Å². The van der Waals surface area contributed by atoms with Crippen LogP contribution in [0.1, 0.15) is 67.9 Å². The second-order valence-electron chi connectivity index (χ2n) is 9.88. The van der Waals surface area contributed by atoms with Crippen molar-refractivity contribution >= 4 is 11.9 Å². The minimum atomic E-state index is -0.794. The average molecular weight is 481 g/mol. The first-order valence-electron chi connectivity index (χ1n) is 12.7. The van der Waals surface area contributed by atoms with Crippen LogP contribution in [0, 0.1) is 17.8 Å². The minimum Gasteiger partial charge on any atom is -0.503 e. The van der Waals surface area contributed by atoms with E-state index in [-0.39, 0.29) is 23.3 Å². The van der Waals surface area contributed by atoms with E-state index in [1.54, 1.807) is 0 Å². The molecule has 0 spiro atoms. The van der Waals surface area contributed by atoms with Crippen LogP contribution in [0.5, 0.6) is 11.5 Å². The first-order valence-corrected chi connectivity index (χ1v) is 12.7. The molecular weight excluding hydrogens is 444 g/mol. The maximum Gasteiger partial charge on any atom is 0.328 e. The summed E-state index contributed by atoms with van der Waals surface area (Å²) in [5.74, 6) is 0.0122. The highest BCUT2D eigenvalue weighted by Gasteiger charge is 2.39. The summed E-state index contributed by atoms with van der Waals surface area (Å²) in [5, 5.41) is 13.1. The molecule has 2 heterocycles. The number of ether oxygens (including phenoxy) is 2. The number of carbonyl (C=O) groups excluding carboxylic acids is 2. The number of cyclic esters (lactones) is 1. The fourth-order valence-electron chi connectivity index (χ4n) is 6.01. The predicted octanol–water partition coefficient (Wildman–Crippen LogP) is 4.68. The molecule has 2 N–H and O–H groups in total. The van der Waals surface area contributed by atoms with Crippen molar-refractivity contribution in [1.29, 1.82) is 0 Å². The number of aromatic nitrogens is 1. The van der Waals surface area contributed by atoms with E-state index in [1.165, 1.54) is 50.6 Å². The molecule has 4 atom stereocenters. The van der Waals surface area contributed by atoms with E-state index >= 15 is 0 Å². The number of carbonyl (C=O) groups is 2. The number of methoxy groups -OCH3 is 1. The summed E-state index contributed by atoms with van der Waals surface area (Å²) >= 11 is 0. The highest BCUT2D eigenvalue weighted by molar-refractivity contribution is 5.97. The molecule has 7 nitrogen and oxygen atoms in total. The van der Waals surface area contributed by atoms with Crippen LogP contribution < -0.4 is 10.1 Å². The van der Waals surface area contributed by atoms with Crippen LogP contribution in [0.15, 0.2) is 42.6 Å². The number of amides is 1. The van der Waals surface area contributed by atoms with Crippen LogP contribution in [0.2, 0.25) is 0 Å². The highest BCUT2D eigenvalue weighted by atomic mass is 16.5. The normalized spacial score (nSPS) is 25.7. The molecule has 2 fully saturated rings. The van der Waals surface area contributed by atoms with Crippen molar-refractivity contribution in [1.82, 2.24) is 10.3 Å². The molecule has 2 aromatic rings. The predicted molar refractivity (Wildman–Crippen MR) is 132 cm³/mol. The summed E-state index contributed by atoms with van der Waals surface area (Å²) < 4.78 is 11.1. The molecule has 1 saturated carbocycles. The number of pyridine rings is 1. The third-order valence-corrected chi connectivity index (χ3v) is 7.65. The zero-order valence-corrected chi connectivity index (χ0v) is 20.6. The van der Waals surface area contributed by atoms with Gasteiger partial charge in [-0.1, -0.05) is 62.4 Å². The Kier molecular flexibility index (Phi) is 8.26. The van der Waals surface area contributed by atoms with Crippen molar-refractivity contribution in [2.24, 2.45) is 17.8 Å². The van der Waals surface area contributed by atoms with Crippen molar-refractivity contribution in [2.45, 2.75) is 70.4 Å². The van der Waals surface area contributed by atoms with Crippen LogP contribution in [-0.4, -0.2) is 41.2 Å². The summed E-state index contributed by atoms with van der Waals surface area (Å²) in [6, 6.07) is 11.2. The van der Waals surface area contributed by atoms with E-state index in [2.05, 4.69) is 34.6 Å². The number of hydrogen-bond acceptors (Lipinski definition) is 6. The van der Waals surface area contributed by atoms with Gasteiger partial charge in [-0.2, -0.15) is 0 Å². The SMILES string of the molecule is COc1ccnc(C(=O)N[C@H]2CCC[C@H](Cc3ccccc3)[C@@H](C3CCCC3)[C@H](C)OC2=O)c1O. The molecule has 7 heteroatoms. The van der Waals surface area contributed by atoms with Crippen molar-refractivity contribution in [3.63, 3.8) is 0 Å². The molecular formula is C28H36N2O5.